The summed E-state index contributed by atoms with van der Waals surface area (Å²) in [6.45, 7) is 3.32. The van der Waals surface area contributed by atoms with Crippen molar-refractivity contribution in [3.63, 3.8) is 0 Å². The Morgan fingerprint density at radius 3 is 2.38 bits per heavy atom. The van der Waals surface area contributed by atoms with Crippen LogP contribution in [0.3, 0.4) is 0 Å². The van der Waals surface area contributed by atoms with Gasteiger partial charge in [-0.2, -0.15) is 21.4 Å². The molecule has 0 heterocycles. The highest BCUT2D eigenvalue weighted by Crippen LogP contribution is 2.32. The second-order valence-corrected chi connectivity index (χ2v) is 11.6. The highest BCUT2D eigenvalue weighted by atomic mass is 35.5. The number of rotatable bonds is 11. The molecule has 1 aromatic rings. The van der Waals surface area contributed by atoms with Crippen LogP contribution in [-0.4, -0.2) is 75.7 Å². The Balaban J connectivity index is 2.31. The van der Waals surface area contributed by atoms with E-state index >= 15 is 0 Å². The van der Waals surface area contributed by atoms with E-state index < -0.39 is 25.3 Å². The number of oxime groups is 1. The fourth-order valence-corrected chi connectivity index (χ4v) is 4.64. The highest BCUT2D eigenvalue weighted by molar-refractivity contribution is 7.93. The molecule has 0 atom stereocenters. The van der Waals surface area contributed by atoms with Crippen molar-refractivity contribution in [3.05, 3.63) is 45.4 Å². The summed E-state index contributed by atoms with van der Waals surface area (Å²) in [5.74, 6) is 5.46. The lowest BCUT2D eigenvalue weighted by Gasteiger charge is -2.23. The van der Waals surface area contributed by atoms with Gasteiger partial charge >= 0.3 is 10.2 Å². The smallest absolute Gasteiger partial charge is 0.317 e. The molecule has 1 aliphatic rings. The van der Waals surface area contributed by atoms with Crippen LogP contribution >= 0.6 is 23.2 Å². The first kappa shape index (κ1) is 26.5. The van der Waals surface area contributed by atoms with Gasteiger partial charge in [-0.15, -0.1) is 0 Å². The van der Waals surface area contributed by atoms with Crippen molar-refractivity contribution in [1.82, 2.24) is 13.0 Å². The molecule has 0 aromatic heterocycles. The lowest BCUT2D eigenvalue weighted by Crippen LogP contribution is -2.43. The quantitative estimate of drug-likeness (QED) is 0.201. The van der Waals surface area contributed by atoms with Crippen molar-refractivity contribution in [3.8, 4) is 0 Å². The molecule has 0 unspecified atom stereocenters. The lowest BCUT2D eigenvalue weighted by atomic mass is 10.1. The molecule has 1 saturated carbocycles. The minimum absolute atomic E-state index is 0.157. The fourth-order valence-electron chi connectivity index (χ4n) is 2.45. The molecule has 2 rings (SSSR count). The van der Waals surface area contributed by atoms with Gasteiger partial charge in [-0.1, -0.05) is 41.0 Å². The van der Waals surface area contributed by atoms with Crippen LogP contribution in [0.2, 0.25) is 10.0 Å². The van der Waals surface area contributed by atoms with Crippen molar-refractivity contribution >= 4 is 55.5 Å². The molecule has 1 aliphatic carbocycles. The Kier molecular flexibility index (Phi) is 8.67. The van der Waals surface area contributed by atoms with E-state index in [2.05, 4.69) is 16.7 Å². The number of nitrogens with two attached hydrogens (primary N) is 1. The molecule has 0 amide bonds. The molecule has 15 heteroatoms. The number of benzene rings is 1. The highest BCUT2D eigenvalue weighted by Gasteiger charge is 2.39. The molecule has 32 heavy (non-hydrogen) atoms. The first-order chi connectivity index (χ1) is 14.8. The van der Waals surface area contributed by atoms with Gasteiger partial charge in [0.1, 0.15) is 19.2 Å². The maximum atomic E-state index is 13.2. The third kappa shape index (κ3) is 6.19. The van der Waals surface area contributed by atoms with Gasteiger partial charge in [0.05, 0.1) is 16.6 Å². The summed E-state index contributed by atoms with van der Waals surface area (Å²) >= 11 is 12.0. The SMILES string of the molecule is C=C(/N=C\N(N)S(=O)(=O)N(C)C)S(=O)(=O)N(C/C(=N\OC)c1ccc(Cl)c(Cl)c1)C1CC1. The molecule has 178 valence electrons. The predicted molar refractivity (Wildman–Crippen MR) is 125 cm³/mol. The second kappa shape index (κ2) is 10.5. The van der Waals surface area contributed by atoms with Crippen LogP contribution in [0.4, 0.5) is 0 Å². The summed E-state index contributed by atoms with van der Waals surface area (Å²) in [6.07, 6.45) is 1.94. The standard InChI is InChI=1S/C17H24Cl2N6O5S2/c1-12(21-11-25(20)32(28,29)23(2)3)31(26,27)24(14-6-7-14)10-17(22-30-4)13-5-8-15(18)16(19)9-13/h5,8-9,11,14H,1,6-7,10,20H2,2-4H3/b21-11-,22-17+. The van der Waals surface area contributed by atoms with Crippen LogP contribution in [-0.2, 0) is 25.1 Å². The van der Waals surface area contributed by atoms with E-state index in [-0.39, 0.29) is 23.3 Å². The van der Waals surface area contributed by atoms with E-state index in [0.29, 0.717) is 34.2 Å². The molecule has 0 spiro atoms. The summed E-state index contributed by atoms with van der Waals surface area (Å²) in [5.41, 5.74) is 0.801. The van der Waals surface area contributed by atoms with Crippen LogP contribution in [0.1, 0.15) is 18.4 Å². The molecule has 0 aliphatic heterocycles. The molecular formula is C17H24Cl2N6O5S2. The first-order valence-corrected chi connectivity index (χ1v) is 12.7. The Morgan fingerprint density at radius 1 is 1.25 bits per heavy atom. The van der Waals surface area contributed by atoms with Gasteiger partial charge in [0.25, 0.3) is 10.0 Å². The van der Waals surface area contributed by atoms with E-state index in [1.807, 2.05) is 0 Å². The summed E-state index contributed by atoms with van der Waals surface area (Å²) in [7, 11) is -4.34. The van der Waals surface area contributed by atoms with Crippen LogP contribution in [0.15, 0.2) is 40.0 Å². The monoisotopic (exact) mass is 526 g/mol. The van der Waals surface area contributed by atoms with Crippen LogP contribution in [0, 0.1) is 0 Å². The number of hydrogen-bond acceptors (Lipinski definition) is 8. The van der Waals surface area contributed by atoms with E-state index in [9.17, 15) is 16.8 Å². The van der Waals surface area contributed by atoms with E-state index in [1.54, 1.807) is 18.2 Å². The van der Waals surface area contributed by atoms with Crippen LogP contribution < -0.4 is 5.84 Å². The summed E-state index contributed by atoms with van der Waals surface area (Å²) < 4.78 is 52.5. The molecule has 1 aromatic carbocycles. The van der Waals surface area contributed by atoms with E-state index in [0.717, 1.165) is 4.31 Å². The minimum atomic E-state index is -4.18. The van der Waals surface area contributed by atoms with Gasteiger partial charge in [-0.05, 0) is 25.0 Å². The molecular weight excluding hydrogens is 503 g/mol. The summed E-state index contributed by atoms with van der Waals surface area (Å²) in [6, 6.07) is 4.45. The molecule has 11 nitrogen and oxygen atoms in total. The molecule has 0 saturated heterocycles. The summed E-state index contributed by atoms with van der Waals surface area (Å²) in [5, 5.41) is 3.96. The third-order valence-corrected chi connectivity index (χ3v) is 8.40. The Labute approximate surface area is 197 Å². The topological polar surface area (TPSA) is 138 Å². The van der Waals surface area contributed by atoms with Gasteiger partial charge in [0.15, 0.2) is 5.03 Å². The molecule has 0 radical (unpaired) electrons. The molecule has 0 bridgehead atoms. The Hall–Kier alpha value is -1.74. The zero-order valence-electron chi connectivity index (χ0n) is 17.6. The van der Waals surface area contributed by atoms with Gasteiger partial charge in [-0.25, -0.2) is 19.3 Å². The number of sulfonamides is 1. The largest absolute Gasteiger partial charge is 0.399 e. The predicted octanol–water partition coefficient (Wildman–Crippen LogP) is 1.62. The average molecular weight is 527 g/mol. The Morgan fingerprint density at radius 2 is 1.88 bits per heavy atom. The molecule has 1 fully saturated rings. The normalized spacial score (nSPS) is 15.6. The zero-order chi connectivity index (χ0) is 24.3. The van der Waals surface area contributed by atoms with Crippen LogP contribution in [0.25, 0.3) is 0 Å². The van der Waals surface area contributed by atoms with Gasteiger partial charge in [0, 0.05) is 25.7 Å². The number of nitrogens with zero attached hydrogens (tertiary/aromatic N) is 5. The van der Waals surface area contributed by atoms with E-state index in [4.69, 9.17) is 33.9 Å². The third-order valence-electron chi connectivity index (χ3n) is 4.36. The summed E-state index contributed by atoms with van der Waals surface area (Å²) in [4.78, 5) is 8.55. The van der Waals surface area contributed by atoms with Gasteiger partial charge in [0.2, 0.25) is 0 Å². The van der Waals surface area contributed by atoms with E-state index in [1.165, 1.54) is 25.5 Å². The number of hydrazine groups is 1. The number of aliphatic imine (C=N–C) groups is 1. The average Bonchev–Trinajstić information content (AvgIpc) is 3.55. The van der Waals surface area contributed by atoms with Crippen molar-refractivity contribution in [2.24, 2.45) is 16.0 Å². The lowest BCUT2D eigenvalue weighted by molar-refractivity contribution is 0.212. The fraction of sp³-hybridized carbons (Fsp3) is 0.412. The zero-order valence-corrected chi connectivity index (χ0v) is 20.8. The number of halogens is 2. The van der Waals surface area contributed by atoms with Gasteiger partial charge < -0.3 is 4.84 Å². The van der Waals surface area contributed by atoms with Crippen molar-refractivity contribution in [2.75, 3.05) is 27.7 Å². The maximum Gasteiger partial charge on any atom is 0.317 e. The molecule has 2 N–H and O–H groups in total. The number of hydrogen-bond donors (Lipinski definition) is 1. The van der Waals surface area contributed by atoms with Crippen molar-refractivity contribution in [1.29, 1.82) is 0 Å². The first-order valence-electron chi connectivity index (χ1n) is 9.09. The van der Waals surface area contributed by atoms with Gasteiger partial charge in [-0.3, -0.25) is 0 Å². The van der Waals surface area contributed by atoms with Crippen molar-refractivity contribution < 1.29 is 21.7 Å². The maximum absolute atomic E-state index is 13.2. The second-order valence-electron chi connectivity index (χ2n) is 6.89. The Bertz CT molecular complexity index is 1130. The van der Waals surface area contributed by atoms with Crippen molar-refractivity contribution in [2.45, 2.75) is 18.9 Å². The van der Waals surface area contributed by atoms with Crippen LogP contribution in [0.5, 0.6) is 0 Å². The minimum Gasteiger partial charge on any atom is -0.399 e.